The van der Waals surface area contributed by atoms with E-state index >= 15 is 0 Å². The molecule has 0 aromatic heterocycles. The summed E-state index contributed by atoms with van der Waals surface area (Å²) in [6, 6.07) is 3.96. The van der Waals surface area contributed by atoms with E-state index in [1.54, 1.807) is 7.11 Å². The maximum atomic E-state index is 12.9. The minimum Gasteiger partial charge on any atom is -0.497 e. The van der Waals surface area contributed by atoms with Gasteiger partial charge in [0.1, 0.15) is 5.75 Å². The van der Waals surface area contributed by atoms with Crippen LogP contribution in [0.2, 0.25) is 0 Å². The minimum absolute atomic E-state index is 0.236. The summed E-state index contributed by atoms with van der Waals surface area (Å²) in [6.45, 7) is 4.05. The molecule has 0 aliphatic carbocycles. The highest BCUT2D eigenvalue weighted by Gasteiger charge is 2.38. The minimum atomic E-state index is 0.236. The zero-order chi connectivity index (χ0) is 14.3. The molecule has 1 aromatic carbocycles. The summed E-state index contributed by atoms with van der Waals surface area (Å²) in [5.41, 5.74) is 3.04. The quantitative estimate of drug-likeness (QED) is 0.782. The second-order valence-electron chi connectivity index (χ2n) is 6.13. The molecule has 1 aromatic rings. The number of methoxy groups -OCH3 is 1. The monoisotopic (exact) mass is 290 g/mol. The van der Waals surface area contributed by atoms with Gasteiger partial charge in [0, 0.05) is 22.0 Å². The number of ketones is 1. The first kappa shape index (κ1) is 14.0. The molecule has 2 saturated heterocycles. The maximum absolute atomic E-state index is 12.9. The lowest BCUT2D eigenvalue weighted by Crippen LogP contribution is -2.25. The van der Waals surface area contributed by atoms with Crippen molar-refractivity contribution >= 4 is 17.5 Å². The van der Waals surface area contributed by atoms with Crippen LogP contribution in [-0.2, 0) is 0 Å². The number of thioether (sulfide) groups is 1. The largest absolute Gasteiger partial charge is 0.497 e. The smallest absolute Gasteiger partial charge is 0.166 e. The molecule has 0 saturated carbocycles. The number of hydrogen-bond donors (Lipinski definition) is 0. The van der Waals surface area contributed by atoms with E-state index in [2.05, 4.69) is 11.8 Å². The highest BCUT2D eigenvalue weighted by atomic mass is 32.2. The number of fused-ring (bicyclic) bond motifs is 2. The fourth-order valence-electron chi connectivity index (χ4n) is 3.71. The first-order valence-corrected chi connectivity index (χ1v) is 8.37. The third-order valence-corrected chi connectivity index (χ3v) is 6.28. The number of hydrogen-bond acceptors (Lipinski definition) is 3. The average molecular weight is 290 g/mol. The zero-order valence-electron chi connectivity index (χ0n) is 12.4. The number of carbonyl (C=O) groups excluding carboxylic acids is 1. The summed E-state index contributed by atoms with van der Waals surface area (Å²) in [7, 11) is 1.67. The van der Waals surface area contributed by atoms with Gasteiger partial charge < -0.3 is 4.74 Å². The van der Waals surface area contributed by atoms with Gasteiger partial charge in [0.25, 0.3) is 0 Å². The Hall–Kier alpha value is -0.960. The molecule has 2 unspecified atom stereocenters. The first-order valence-electron chi connectivity index (χ1n) is 7.43. The molecular formula is C17H22O2S. The van der Waals surface area contributed by atoms with Crippen LogP contribution in [0, 0.1) is 19.8 Å². The Bertz CT molecular complexity index is 503. The van der Waals surface area contributed by atoms with Gasteiger partial charge in [-0.05, 0) is 62.8 Å². The van der Waals surface area contributed by atoms with Crippen LogP contribution in [0.1, 0.15) is 47.2 Å². The Morgan fingerprint density at radius 2 is 1.70 bits per heavy atom. The highest BCUT2D eigenvalue weighted by molar-refractivity contribution is 8.00. The molecule has 2 aliphatic heterocycles. The Kier molecular flexibility index (Phi) is 3.80. The van der Waals surface area contributed by atoms with Gasteiger partial charge in [0.15, 0.2) is 5.78 Å². The SMILES string of the molecule is COc1cc(C)c(C(=O)C2CC3CCC(C2)S3)c(C)c1. The Morgan fingerprint density at radius 1 is 1.15 bits per heavy atom. The molecule has 2 atom stereocenters. The molecule has 0 spiro atoms. The number of ether oxygens (including phenoxy) is 1. The van der Waals surface area contributed by atoms with Crippen molar-refractivity contribution in [1.29, 1.82) is 0 Å². The van der Waals surface area contributed by atoms with Crippen LogP contribution in [0.15, 0.2) is 12.1 Å². The number of rotatable bonds is 3. The summed E-state index contributed by atoms with van der Waals surface area (Å²) in [4.78, 5) is 12.9. The van der Waals surface area contributed by atoms with E-state index in [0.717, 1.165) is 45.8 Å². The van der Waals surface area contributed by atoms with Crippen molar-refractivity contribution in [2.75, 3.05) is 7.11 Å². The third kappa shape index (κ3) is 2.48. The predicted molar refractivity (Wildman–Crippen MR) is 83.9 cm³/mol. The highest BCUT2D eigenvalue weighted by Crippen LogP contribution is 2.47. The number of benzene rings is 1. The lowest BCUT2D eigenvalue weighted by atomic mass is 9.86. The molecular weight excluding hydrogens is 268 g/mol. The van der Waals surface area contributed by atoms with Gasteiger partial charge in [0.2, 0.25) is 0 Å². The number of aryl methyl sites for hydroxylation is 2. The molecule has 2 nitrogen and oxygen atoms in total. The van der Waals surface area contributed by atoms with Crippen molar-refractivity contribution in [2.24, 2.45) is 5.92 Å². The van der Waals surface area contributed by atoms with Crippen molar-refractivity contribution in [3.63, 3.8) is 0 Å². The molecule has 2 fully saturated rings. The van der Waals surface area contributed by atoms with E-state index < -0.39 is 0 Å². The summed E-state index contributed by atoms with van der Waals surface area (Å²) in [5.74, 6) is 1.44. The maximum Gasteiger partial charge on any atom is 0.166 e. The van der Waals surface area contributed by atoms with Crippen LogP contribution >= 0.6 is 11.8 Å². The van der Waals surface area contributed by atoms with Crippen LogP contribution in [-0.4, -0.2) is 23.4 Å². The average Bonchev–Trinajstić information content (AvgIpc) is 2.76. The van der Waals surface area contributed by atoms with Gasteiger partial charge in [-0.1, -0.05) is 0 Å². The van der Waals surface area contributed by atoms with Crippen molar-refractivity contribution in [3.05, 3.63) is 28.8 Å². The van der Waals surface area contributed by atoms with Crippen LogP contribution in [0.5, 0.6) is 5.75 Å². The zero-order valence-corrected chi connectivity index (χ0v) is 13.3. The summed E-state index contributed by atoms with van der Waals surface area (Å²) < 4.78 is 5.29. The molecule has 0 N–H and O–H groups in total. The predicted octanol–water partition coefficient (Wildman–Crippen LogP) is 4.17. The van der Waals surface area contributed by atoms with Gasteiger partial charge >= 0.3 is 0 Å². The fourth-order valence-corrected chi connectivity index (χ4v) is 5.48. The Morgan fingerprint density at radius 3 is 2.20 bits per heavy atom. The van der Waals surface area contributed by atoms with E-state index in [1.165, 1.54) is 12.8 Å². The summed E-state index contributed by atoms with van der Waals surface area (Å²) >= 11 is 2.11. The normalized spacial score (nSPS) is 28.4. The molecule has 20 heavy (non-hydrogen) atoms. The third-order valence-electron chi connectivity index (χ3n) is 4.65. The van der Waals surface area contributed by atoms with Crippen LogP contribution in [0.3, 0.4) is 0 Å². The van der Waals surface area contributed by atoms with E-state index in [1.807, 2.05) is 26.0 Å². The van der Waals surface area contributed by atoms with Crippen LogP contribution in [0.25, 0.3) is 0 Å². The van der Waals surface area contributed by atoms with Gasteiger partial charge in [-0.15, -0.1) is 0 Å². The molecule has 3 heteroatoms. The second-order valence-corrected chi connectivity index (χ2v) is 7.73. The lowest BCUT2D eigenvalue weighted by Gasteiger charge is -2.27. The van der Waals surface area contributed by atoms with Crippen LogP contribution < -0.4 is 4.74 Å². The van der Waals surface area contributed by atoms with Crippen molar-refractivity contribution in [2.45, 2.75) is 50.0 Å². The lowest BCUT2D eigenvalue weighted by molar-refractivity contribution is 0.0905. The number of Topliss-reactive ketones (excluding diaryl/α,β-unsaturated/α-hetero) is 1. The van der Waals surface area contributed by atoms with Gasteiger partial charge in [0.05, 0.1) is 7.11 Å². The summed E-state index contributed by atoms with van der Waals surface area (Å²) in [6.07, 6.45) is 4.76. The van der Waals surface area contributed by atoms with Gasteiger partial charge in [-0.3, -0.25) is 4.79 Å². The molecule has 108 valence electrons. The molecule has 0 amide bonds. The number of carbonyl (C=O) groups is 1. The van der Waals surface area contributed by atoms with Gasteiger partial charge in [-0.2, -0.15) is 11.8 Å². The fraction of sp³-hybridized carbons (Fsp3) is 0.588. The van der Waals surface area contributed by atoms with Crippen LogP contribution in [0.4, 0.5) is 0 Å². The molecule has 0 radical (unpaired) electrons. The van der Waals surface area contributed by atoms with E-state index in [4.69, 9.17) is 4.74 Å². The van der Waals surface area contributed by atoms with Crippen molar-refractivity contribution in [1.82, 2.24) is 0 Å². The van der Waals surface area contributed by atoms with E-state index in [9.17, 15) is 4.79 Å². The molecule has 2 bridgehead atoms. The standard InChI is InChI=1S/C17H22O2S/c1-10-6-13(19-3)7-11(2)16(10)17(18)12-8-14-4-5-15(9-12)20-14/h6-7,12,14-15H,4-5,8-9H2,1-3H3. The topological polar surface area (TPSA) is 26.3 Å². The molecule has 2 aliphatic rings. The Balaban J connectivity index is 1.87. The summed E-state index contributed by atoms with van der Waals surface area (Å²) in [5, 5.41) is 1.45. The van der Waals surface area contributed by atoms with Gasteiger partial charge in [-0.25, -0.2) is 0 Å². The van der Waals surface area contributed by atoms with Crippen molar-refractivity contribution < 1.29 is 9.53 Å². The Labute approximate surface area is 125 Å². The van der Waals surface area contributed by atoms with E-state index in [0.29, 0.717) is 5.78 Å². The molecule has 2 heterocycles. The first-order chi connectivity index (χ1) is 9.58. The van der Waals surface area contributed by atoms with E-state index in [-0.39, 0.29) is 5.92 Å². The van der Waals surface area contributed by atoms with Crippen molar-refractivity contribution in [3.8, 4) is 5.75 Å². The molecule has 3 rings (SSSR count). The second kappa shape index (κ2) is 5.44.